The Morgan fingerprint density at radius 2 is 1.88 bits per heavy atom. The van der Waals surface area contributed by atoms with E-state index in [1.165, 1.54) is 17.8 Å². The molecule has 1 aromatic heterocycles. The van der Waals surface area contributed by atoms with Crippen LogP contribution < -0.4 is 4.72 Å². The Morgan fingerprint density at radius 3 is 2.62 bits per heavy atom. The molecule has 0 atom stereocenters. The molecule has 0 aliphatic rings. The van der Waals surface area contributed by atoms with Crippen LogP contribution in [0.2, 0.25) is 5.02 Å². The van der Waals surface area contributed by atoms with Gasteiger partial charge in [0.1, 0.15) is 11.6 Å². The monoisotopic (exact) mass is 433 g/mol. The van der Waals surface area contributed by atoms with Crippen LogP contribution in [-0.2, 0) is 15.8 Å². The minimum atomic E-state index is -3.98. The van der Waals surface area contributed by atoms with Gasteiger partial charge in [0, 0.05) is 5.75 Å². The fourth-order valence-electron chi connectivity index (χ4n) is 1.88. The van der Waals surface area contributed by atoms with Crippen molar-refractivity contribution in [3.63, 3.8) is 0 Å². The molecule has 0 spiro atoms. The van der Waals surface area contributed by atoms with E-state index >= 15 is 0 Å². The van der Waals surface area contributed by atoms with E-state index in [9.17, 15) is 17.2 Å². The molecule has 1 N–H and O–H groups in total. The highest BCUT2D eigenvalue weighted by atomic mass is 35.5. The minimum absolute atomic E-state index is 0.0430. The summed E-state index contributed by atoms with van der Waals surface area (Å²) < 4.78 is 54.1. The number of hydrogen-bond donors (Lipinski definition) is 1. The Bertz CT molecular complexity index is 1040. The van der Waals surface area contributed by atoms with Gasteiger partial charge < -0.3 is 0 Å². The Morgan fingerprint density at radius 1 is 1.12 bits per heavy atom. The molecule has 0 radical (unpaired) electrons. The van der Waals surface area contributed by atoms with E-state index in [4.69, 9.17) is 11.6 Å². The van der Waals surface area contributed by atoms with Crippen molar-refractivity contribution in [3.05, 3.63) is 64.7 Å². The van der Waals surface area contributed by atoms with Crippen molar-refractivity contribution in [1.29, 1.82) is 0 Å². The molecule has 0 saturated carbocycles. The average molecular weight is 434 g/mol. The molecule has 0 saturated heterocycles. The van der Waals surface area contributed by atoms with Crippen LogP contribution in [0.5, 0.6) is 0 Å². The SMILES string of the molecule is O=S(=O)(Nc1nnc(SCc2ccccc2F)s1)c1ccc(F)c(Cl)c1. The first-order valence-electron chi connectivity index (χ1n) is 7.03. The third-order valence-corrected chi connectivity index (χ3v) is 6.91. The molecule has 5 nitrogen and oxygen atoms in total. The van der Waals surface area contributed by atoms with Crippen molar-refractivity contribution in [3.8, 4) is 0 Å². The molecule has 2 aromatic carbocycles. The summed E-state index contributed by atoms with van der Waals surface area (Å²) in [5, 5.41) is 7.37. The third kappa shape index (κ3) is 4.50. The summed E-state index contributed by atoms with van der Waals surface area (Å²) >= 11 is 7.85. The molecule has 0 aliphatic carbocycles. The van der Waals surface area contributed by atoms with Crippen LogP contribution in [0.25, 0.3) is 0 Å². The summed E-state index contributed by atoms with van der Waals surface area (Å²) in [6.07, 6.45) is 0. The summed E-state index contributed by atoms with van der Waals surface area (Å²) in [4.78, 5) is -0.195. The second-order valence-electron chi connectivity index (χ2n) is 4.93. The molecule has 26 heavy (non-hydrogen) atoms. The fourth-order valence-corrected chi connectivity index (χ4v) is 5.12. The number of nitrogens with zero attached hydrogens (tertiary/aromatic N) is 2. The van der Waals surface area contributed by atoms with Gasteiger partial charge in [-0.15, -0.1) is 10.2 Å². The molecule has 0 unspecified atom stereocenters. The van der Waals surface area contributed by atoms with Crippen LogP contribution in [-0.4, -0.2) is 18.6 Å². The summed E-state index contributed by atoms with van der Waals surface area (Å²) in [6, 6.07) is 9.42. The molecule has 11 heteroatoms. The quantitative estimate of drug-likeness (QED) is 0.577. The number of sulfonamides is 1. The van der Waals surface area contributed by atoms with Crippen LogP contribution in [0.1, 0.15) is 5.56 Å². The average Bonchev–Trinajstić information content (AvgIpc) is 3.03. The van der Waals surface area contributed by atoms with Crippen LogP contribution in [0.4, 0.5) is 13.9 Å². The van der Waals surface area contributed by atoms with Gasteiger partial charge in [-0.2, -0.15) is 0 Å². The Hall–Kier alpha value is -1.75. The zero-order valence-electron chi connectivity index (χ0n) is 12.8. The van der Waals surface area contributed by atoms with E-state index in [-0.39, 0.29) is 20.9 Å². The zero-order chi connectivity index (χ0) is 18.7. The van der Waals surface area contributed by atoms with Gasteiger partial charge in [0.2, 0.25) is 5.13 Å². The summed E-state index contributed by atoms with van der Waals surface area (Å²) in [5.41, 5.74) is 0.510. The van der Waals surface area contributed by atoms with Crippen LogP contribution in [0.3, 0.4) is 0 Å². The van der Waals surface area contributed by atoms with Gasteiger partial charge in [-0.1, -0.05) is 52.9 Å². The van der Waals surface area contributed by atoms with Crippen LogP contribution >= 0.6 is 34.7 Å². The molecule has 0 fully saturated rings. The van der Waals surface area contributed by atoms with Crippen molar-refractivity contribution >= 4 is 49.9 Å². The summed E-state index contributed by atoms with van der Waals surface area (Å²) in [5.74, 6) is -0.700. The van der Waals surface area contributed by atoms with Gasteiger partial charge in [-0.05, 0) is 29.8 Å². The lowest BCUT2D eigenvalue weighted by Crippen LogP contribution is -2.12. The first-order chi connectivity index (χ1) is 12.3. The van der Waals surface area contributed by atoms with Crippen molar-refractivity contribution in [2.75, 3.05) is 4.72 Å². The predicted molar refractivity (Wildman–Crippen MR) is 98.1 cm³/mol. The van der Waals surface area contributed by atoms with Crippen molar-refractivity contribution < 1.29 is 17.2 Å². The lowest BCUT2D eigenvalue weighted by molar-refractivity contribution is 0.599. The summed E-state index contributed by atoms with van der Waals surface area (Å²) in [6.45, 7) is 0. The highest BCUT2D eigenvalue weighted by molar-refractivity contribution is 8.00. The molecule has 0 aliphatic heterocycles. The fraction of sp³-hybridized carbons (Fsp3) is 0.0667. The zero-order valence-corrected chi connectivity index (χ0v) is 16.0. The Balaban J connectivity index is 1.69. The standard InChI is InChI=1S/C15H10ClF2N3O2S3/c16-11-7-10(5-6-13(11)18)26(22,23)21-14-19-20-15(25-14)24-8-9-3-1-2-4-12(9)17/h1-7H,8H2,(H,19,21). The number of aromatic nitrogens is 2. The number of nitrogens with one attached hydrogen (secondary N) is 1. The number of hydrogen-bond acceptors (Lipinski definition) is 6. The largest absolute Gasteiger partial charge is 0.263 e. The smallest absolute Gasteiger partial charge is 0.253 e. The van der Waals surface area contributed by atoms with Crippen molar-refractivity contribution in [1.82, 2.24) is 10.2 Å². The van der Waals surface area contributed by atoms with Crippen LogP contribution in [0, 0.1) is 11.6 Å². The third-order valence-electron chi connectivity index (χ3n) is 3.14. The summed E-state index contributed by atoms with van der Waals surface area (Å²) in [7, 11) is -3.98. The molecule has 3 aromatic rings. The van der Waals surface area contributed by atoms with E-state index < -0.39 is 15.8 Å². The number of rotatable bonds is 6. The van der Waals surface area contributed by atoms with E-state index in [0.29, 0.717) is 15.7 Å². The lowest BCUT2D eigenvalue weighted by Gasteiger charge is -2.05. The molecular weight excluding hydrogens is 424 g/mol. The van der Waals surface area contributed by atoms with Gasteiger partial charge in [0.15, 0.2) is 4.34 Å². The van der Waals surface area contributed by atoms with Crippen molar-refractivity contribution in [2.24, 2.45) is 0 Å². The molecular formula is C15H10ClF2N3O2S3. The van der Waals surface area contributed by atoms with E-state index in [1.54, 1.807) is 18.2 Å². The second kappa shape index (κ2) is 7.87. The number of anilines is 1. The maximum absolute atomic E-state index is 13.6. The highest BCUT2D eigenvalue weighted by Crippen LogP contribution is 2.30. The second-order valence-corrected chi connectivity index (χ2v) is 9.22. The Kier molecular flexibility index (Phi) is 5.76. The maximum Gasteiger partial charge on any atom is 0.263 e. The number of halogens is 3. The normalized spacial score (nSPS) is 11.5. The molecule has 0 bridgehead atoms. The van der Waals surface area contributed by atoms with Gasteiger partial charge in [-0.3, -0.25) is 4.72 Å². The van der Waals surface area contributed by atoms with Gasteiger partial charge in [0.05, 0.1) is 9.92 Å². The van der Waals surface area contributed by atoms with Crippen molar-refractivity contribution in [2.45, 2.75) is 15.0 Å². The topological polar surface area (TPSA) is 72.0 Å². The van der Waals surface area contributed by atoms with E-state index in [1.807, 2.05) is 0 Å². The molecule has 0 amide bonds. The lowest BCUT2D eigenvalue weighted by atomic mass is 10.2. The first kappa shape index (κ1) is 19.0. The predicted octanol–water partition coefficient (Wildman–Crippen LogP) is 4.56. The van der Waals surface area contributed by atoms with Gasteiger partial charge in [0.25, 0.3) is 10.0 Å². The minimum Gasteiger partial charge on any atom is -0.253 e. The first-order valence-corrected chi connectivity index (χ1v) is 10.7. The molecule has 136 valence electrons. The van der Waals surface area contributed by atoms with E-state index in [2.05, 4.69) is 14.9 Å². The van der Waals surface area contributed by atoms with E-state index in [0.717, 1.165) is 29.5 Å². The van der Waals surface area contributed by atoms with Gasteiger partial charge in [-0.25, -0.2) is 17.2 Å². The highest BCUT2D eigenvalue weighted by Gasteiger charge is 2.18. The van der Waals surface area contributed by atoms with Gasteiger partial charge >= 0.3 is 0 Å². The number of benzene rings is 2. The maximum atomic E-state index is 13.6. The number of thioether (sulfide) groups is 1. The van der Waals surface area contributed by atoms with Crippen LogP contribution in [0.15, 0.2) is 51.7 Å². The Labute approximate surface area is 161 Å². The molecule has 1 heterocycles. The molecule has 3 rings (SSSR count).